The lowest BCUT2D eigenvalue weighted by atomic mass is 9.99. The van der Waals surface area contributed by atoms with Crippen molar-refractivity contribution in [3.05, 3.63) is 95.3 Å². The van der Waals surface area contributed by atoms with Gasteiger partial charge in [-0.3, -0.25) is 9.78 Å². The molecule has 34 heavy (non-hydrogen) atoms. The van der Waals surface area contributed by atoms with Crippen LogP contribution in [0.5, 0.6) is 0 Å². The Hall–Kier alpha value is -3.18. The zero-order valence-corrected chi connectivity index (χ0v) is 20.0. The number of fused-ring (bicyclic) bond motifs is 1. The van der Waals surface area contributed by atoms with Crippen LogP contribution in [0.1, 0.15) is 46.9 Å². The van der Waals surface area contributed by atoms with Crippen molar-refractivity contribution in [2.24, 2.45) is 0 Å². The van der Waals surface area contributed by atoms with E-state index in [0.29, 0.717) is 18.6 Å². The molecule has 1 N–H and O–H groups in total. The molecule has 5 rings (SSSR count). The second-order valence-electron chi connectivity index (χ2n) is 9.65. The molecule has 1 fully saturated rings. The van der Waals surface area contributed by atoms with E-state index in [1.807, 2.05) is 29.3 Å². The van der Waals surface area contributed by atoms with Gasteiger partial charge >= 0.3 is 0 Å². The van der Waals surface area contributed by atoms with E-state index in [1.165, 1.54) is 16.8 Å². The number of benzene rings is 2. The first-order valence-corrected chi connectivity index (χ1v) is 12.5. The van der Waals surface area contributed by atoms with E-state index in [4.69, 9.17) is 0 Å². The number of hydrogen-bond acceptors (Lipinski definition) is 4. The van der Waals surface area contributed by atoms with Gasteiger partial charge in [0.2, 0.25) is 0 Å². The molecule has 5 heteroatoms. The molecule has 176 valence electrons. The van der Waals surface area contributed by atoms with Crippen molar-refractivity contribution in [1.82, 2.24) is 15.2 Å². The minimum absolute atomic E-state index is 0.130. The summed E-state index contributed by atoms with van der Waals surface area (Å²) in [5.41, 5.74) is 5.77. The van der Waals surface area contributed by atoms with Crippen molar-refractivity contribution in [3.63, 3.8) is 0 Å². The van der Waals surface area contributed by atoms with Gasteiger partial charge in [0.25, 0.3) is 5.91 Å². The predicted octanol–water partition coefficient (Wildman–Crippen LogP) is 4.47. The van der Waals surface area contributed by atoms with E-state index in [0.717, 1.165) is 56.6 Å². The van der Waals surface area contributed by atoms with Crippen LogP contribution >= 0.6 is 0 Å². The fourth-order valence-electron chi connectivity index (χ4n) is 5.26. The highest BCUT2D eigenvalue weighted by atomic mass is 16.2. The van der Waals surface area contributed by atoms with E-state index in [-0.39, 0.29) is 5.91 Å². The van der Waals surface area contributed by atoms with Gasteiger partial charge in [0.15, 0.2) is 0 Å². The van der Waals surface area contributed by atoms with Gasteiger partial charge in [-0.25, -0.2) is 0 Å². The zero-order valence-electron chi connectivity index (χ0n) is 20.0. The molecule has 0 aliphatic carbocycles. The second-order valence-corrected chi connectivity index (χ2v) is 9.65. The zero-order chi connectivity index (χ0) is 23.3. The van der Waals surface area contributed by atoms with Crippen LogP contribution < -0.4 is 10.2 Å². The first kappa shape index (κ1) is 22.6. The maximum Gasteiger partial charge on any atom is 0.254 e. The number of carbonyl (C=O) groups excluding carboxylic acids is 1. The van der Waals surface area contributed by atoms with Crippen molar-refractivity contribution in [2.75, 3.05) is 24.5 Å². The topological polar surface area (TPSA) is 48.5 Å². The largest absolute Gasteiger partial charge is 0.371 e. The van der Waals surface area contributed by atoms with Gasteiger partial charge in [0, 0.05) is 67.8 Å². The quantitative estimate of drug-likeness (QED) is 0.597. The highest BCUT2D eigenvalue weighted by Crippen LogP contribution is 2.24. The van der Waals surface area contributed by atoms with Crippen LogP contribution in [0.2, 0.25) is 0 Å². The van der Waals surface area contributed by atoms with Crippen molar-refractivity contribution in [2.45, 2.75) is 51.2 Å². The number of nitrogens with one attached hydrogen (secondary N) is 1. The molecule has 0 saturated carbocycles. The number of rotatable bonds is 6. The van der Waals surface area contributed by atoms with E-state index in [9.17, 15) is 4.79 Å². The number of amides is 1. The summed E-state index contributed by atoms with van der Waals surface area (Å²) in [7, 11) is 0. The molecule has 5 nitrogen and oxygen atoms in total. The highest BCUT2D eigenvalue weighted by Gasteiger charge is 2.23. The van der Waals surface area contributed by atoms with E-state index in [1.54, 1.807) is 0 Å². The molecule has 0 bridgehead atoms. The molecule has 1 saturated heterocycles. The Kier molecular flexibility index (Phi) is 6.91. The maximum absolute atomic E-state index is 13.1. The second kappa shape index (κ2) is 10.4. The summed E-state index contributed by atoms with van der Waals surface area (Å²) < 4.78 is 0. The van der Waals surface area contributed by atoms with Crippen molar-refractivity contribution >= 4 is 11.6 Å². The average molecular weight is 455 g/mol. The first-order chi connectivity index (χ1) is 16.7. The Morgan fingerprint density at radius 3 is 2.44 bits per heavy atom. The Balaban J connectivity index is 1.12. The normalized spacial score (nSPS) is 17.3. The molecular weight excluding hydrogens is 420 g/mol. The first-order valence-electron chi connectivity index (χ1n) is 12.5. The smallest absolute Gasteiger partial charge is 0.254 e. The van der Waals surface area contributed by atoms with Crippen LogP contribution in [0.25, 0.3) is 0 Å². The predicted molar refractivity (Wildman–Crippen MR) is 137 cm³/mol. The third-order valence-electron chi connectivity index (χ3n) is 7.15. The summed E-state index contributed by atoms with van der Waals surface area (Å²) in [6, 6.07) is 23.7. The summed E-state index contributed by atoms with van der Waals surface area (Å²) in [6.45, 7) is 5.80. The third kappa shape index (κ3) is 5.31. The van der Waals surface area contributed by atoms with Gasteiger partial charge in [-0.2, -0.15) is 0 Å². The van der Waals surface area contributed by atoms with Gasteiger partial charge in [0.05, 0.1) is 0 Å². The summed E-state index contributed by atoms with van der Waals surface area (Å²) in [5.74, 6) is 0.130. The molecule has 1 atom stereocenters. The Morgan fingerprint density at radius 2 is 1.71 bits per heavy atom. The van der Waals surface area contributed by atoms with Gasteiger partial charge in [-0.15, -0.1) is 0 Å². The molecular formula is C29H34N4O. The lowest BCUT2D eigenvalue weighted by molar-refractivity contribution is 0.0734. The summed E-state index contributed by atoms with van der Waals surface area (Å²) in [5, 5.41) is 3.79. The summed E-state index contributed by atoms with van der Waals surface area (Å²) >= 11 is 0. The van der Waals surface area contributed by atoms with Gasteiger partial charge in [0.1, 0.15) is 0 Å². The minimum Gasteiger partial charge on any atom is -0.371 e. The SMILES string of the molecule is CC(Cc1ccccn1)NC1CCN(c2ccc(C(=O)N3CCc4ccccc4C3)cc2)CC1. The third-order valence-corrected chi connectivity index (χ3v) is 7.15. The standard InChI is InChI=1S/C29H34N4O/c1-22(20-27-8-4-5-16-30-27)31-26-14-18-32(19-15-26)28-11-9-24(10-12-28)29(34)33-17-13-23-6-2-3-7-25(23)21-33/h2-12,16,22,26,31H,13-15,17-21H2,1H3. The average Bonchev–Trinajstić information content (AvgIpc) is 2.89. The number of hydrogen-bond donors (Lipinski definition) is 1. The van der Waals surface area contributed by atoms with E-state index < -0.39 is 0 Å². The molecule has 2 aliphatic rings. The van der Waals surface area contributed by atoms with Crippen LogP contribution in [0.4, 0.5) is 5.69 Å². The van der Waals surface area contributed by atoms with Crippen LogP contribution in [-0.4, -0.2) is 47.5 Å². The van der Waals surface area contributed by atoms with Gasteiger partial charge in [-0.05, 0) is 73.7 Å². The number of pyridine rings is 1. The van der Waals surface area contributed by atoms with Crippen LogP contribution in [0.3, 0.4) is 0 Å². The fourth-order valence-corrected chi connectivity index (χ4v) is 5.26. The van der Waals surface area contributed by atoms with Crippen molar-refractivity contribution in [1.29, 1.82) is 0 Å². The Bertz CT molecular complexity index is 1090. The van der Waals surface area contributed by atoms with Crippen molar-refractivity contribution < 1.29 is 4.79 Å². The van der Waals surface area contributed by atoms with Gasteiger partial charge < -0.3 is 15.1 Å². The Labute approximate surface area is 202 Å². The molecule has 1 aromatic heterocycles. The fraction of sp³-hybridized carbons (Fsp3) is 0.379. The molecule has 1 amide bonds. The number of anilines is 1. The molecule has 1 unspecified atom stereocenters. The molecule has 0 radical (unpaired) electrons. The van der Waals surface area contributed by atoms with Gasteiger partial charge in [-0.1, -0.05) is 30.3 Å². The highest BCUT2D eigenvalue weighted by molar-refractivity contribution is 5.94. The van der Waals surface area contributed by atoms with Crippen LogP contribution in [0, 0.1) is 0 Å². The Morgan fingerprint density at radius 1 is 0.971 bits per heavy atom. The molecule has 3 aromatic rings. The molecule has 2 aliphatic heterocycles. The maximum atomic E-state index is 13.1. The molecule has 0 spiro atoms. The lowest BCUT2D eigenvalue weighted by Crippen LogP contribution is -2.46. The molecule has 3 heterocycles. The van der Waals surface area contributed by atoms with E-state index >= 15 is 0 Å². The monoisotopic (exact) mass is 454 g/mol. The number of nitrogens with zero attached hydrogens (tertiary/aromatic N) is 3. The number of carbonyl (C=O) groups is 1. The minimum atomic E-state index is 0.130. The van der Waals surface area contributed by atoms with E-state index in [2.05, 4.69) is 70.7 Å². The van der Waals surface area contributed by atoms with Crippen molar-refractivity contribution in [3.8, 4) is 0 Å². The molecule has 2 aromatic carbocycles. The van der Waals surface area contributed by atoms with Crippen LogP contribution in [-0.2, 0) is 19.4 Å². The summed E-state index contributed by atoms with van der Waals surface area (Å²) in [6.07, 6.45) is 6.01. The summed E-state index contributed by atoms with van der Waals surface area (Å²) in [4.78, 5) is 21.9. The number of piperidine rings is 1. The van der Waals surface area contributed by atoms with Crippen LogP contribution in [0.15, 0.2) is 72.9 Å². The lowest BCUT2D eigenvalue weighted by Gasteiger charge is -2.35. The number of aromatic nitrogens is 1.